The fourth-order valence-corrected chi connectivity index (χ4v) is 3.23. The van der Waals surface area contributed by atoms with Crippen LogP contribution in [0.15, 0.2) is 23.1 Å². The van der Waals surface area contributed by atoms with E-state index in [4.69, 9.17) is 4.11 Å². The van der Waals surface area contributed by atoms with E-state index in [1.807, 2.05) is 11.8 Å². The van der Waals surface area contributed by atoms with Gasteiger partial charge in [-0.3, -0.25) is 9.59 Å². The predicted octanol–water partition coefficient (Wildman–Crippen LogP) is 0.0662. The van der Waals surface area contributed by atoms with Gasteiger partial charge in [-0.2, -0.15) is 0 Å². The van der Waals surface area contributed by atoms with Gasteiger partial charge in [-0.15, -0.1) is 0 Å². The van der Waals surface area contributed by atoms with E-state index >= 15 is 0 Å². The number of nitrogens with one attached hydrogen (secondary N) is 2. The minimum atomic E-state index is -2.75. The van der Waals surface area contributed by atoms with E-state index in [1.54, 1.807) is 18.3 Å². The van der Waals surface area contributed by atoms with Crippen molar-refractivity contribution in [3.05, 3.63) is 28.7 Å². The van der Waals surface area contributed by atoms with E-state index < -0.39 is 24.5 Å². The van der Waals surface area contributed by atoms with Crippen LogP contribution >= 0.6 is 0 Å². The van der Waals surface area contributed by atoms with Crippen LogP contribution in [0, 0.1) is 0 Å². The van der Waals surface area contributed by atoms with Crippen molar-refractivity contribution >= 4 is 28.3 Å². The first kappa shape index (κ1) is 10.3. The highest BCUT2D eigenvalue weighted by atomic mass is 16.2. The summed E-state index contributed by atoms with van der Waals surface area (Å²) < 4.78 is 23.3. The molecule has 0 aliphatic carbocycles. The van der Waals surface area contributed by atoms with Crippen LogP contribution in [0.1, 0.15) is 11.0 Å². The molecule has 4 heterocycles. The minimum absolute atomic E-state index is 0.0993. The number of anilines is 2. The fourth-order valence-electron chi connectivity index (χ4n) is 3.23. The molecule has 1 saturated heterocycles. The second-order valence-corrected chi connectivity index (χ2v) is 5.70. The molecule has 0 aromatic carbocycles. The average Bonchev–Trinajstić information content (AvgIpc) is 2.53. The zero-order valence-corrected chi connectivity index (χ0v) is 12.0. The molecule has 0 spiro atoms. The summed E-state index contributed by atoms with van der Waals surface area (Å²) in [7, 11) is 0. The molecule has 7 heteroatoms. The molecule has 0 bridgehead atoms. The predicted molar refractivity (Wildman–Crippen MR) is 84.4 cm³/mol. The number of rotatable bonds is 0. The van der Waals surface area contributed by atoms with Gasteiger partial charge < -0.3 is 20.1 Å². The smallest absolute Gasteiger partial charge is 0.275 e. The van der Waals surface area contributed by atoms with Crippen LogP contribution in [0.2, 0.25) is 0 Å². The molecule has 1 amide bonds. The Balaban J connectivity index is 2.08. The average molecular weight is 302 g/mol. The van der Waals surface area contributed by atoms with Crippen LogP contribution in [-0.2, 0) is 4.79 Å². The number of fused-ring (bicyclic) bond motifs is 5. The normalized spacial score (nSPS) is 27.0. The molecule has 2 unspecified atom stereocenters. The summed E-state index contributed by atoms with van der Waals surface area (Å²) in [6.07, 6.45) is 1.55. The molecule has 2 N–H and O–H groups in total. The maximum absolute atomic E-state index is 12.9. The molecule has 2 aromatic rings. The highest BCUT2D eigenvalue weighted by Crippen LogP contribution is 2.38. The van der Waals surface area contributed by atoms with E-state index in [1.165, 1.54) is 0 Å². The minimum Gasteiger partial charge on any atom is -0.354 e. The highest BCUT2D eigenvalue weighted by Gasteiger charge is 2.41. The second kappa shape index (κ2) is 4.54. The monoisotopic (exact) mass is 302 g/mol. The van der Waals surface area contributed by atoms with Crippen LogP contribution in [-0.4, -0.2) is 48.0 Å². The van der Waals surface area contributed by atoms with E-state index in [-0.39, 0.29) is 11.7 Å². The SMILES string of the molecule is [2H]C([2H])([2H])N1C(=O)C2CNC(C)CN2c2c1c(=O)[nH]c1ncccc21. The van der Waals surface area contributed by atoms with Crippen LogP contribution in [0.3, 0.4) is 0 Å². The zero-order valence-electron chi connectivity index (χ0n) is 15.0. The van der Waals surface area contributed by atoms with Crippen LogP contribution in [0.4, 0.5) is 11.4 Å². The van der Waals surface area contributed by atoms with Gasteiger partial charge in [-0.05, 0) is 19.1 Å². The molecule has 1 fully saturated rings. The highest BCUT2D eigenvalue weighted by molar-refractivity contribution is 6.10. The summed E-state index contributed by atoms with van der Waals surface area (Å²) in [4.78, 5) is 34.8. The lowest BCUT2D eigenvalue weighted by atomic mass is 10.0. The second-order valence-electron chi connectivity index (χ2n) is 5.70. The van der Waals surface area contributed by atoms with Crippen LogP contribution < -0.4 is 20.7 Å². The van der Waals surface area contributed by atoms with Gasteiger partial charge in [0.15, 0.2) is 0 Å². The molecule has 22 heavy (non-hydrogen) atoms. The van der Waals surface area contributed by atoms with Crippen molar-refractivity contribution in [2.24, 2.45) is 0 Å². The molecule has 2 aromatic heterocycles. The number of hydrogen-bond acceptors (Lipinski definition) is 5. The third kappa shape index (κ3) is 1.69. The Bertz CT molecular complexity index is 926. The Kier molecular flexibility index (Phi) is 2.13. The maximum atomic E-state index is 12.9. The Morgan fingerprint density at radius 3 is 3.09 bits per heavy atom. The van der Waals surface area contributed by atoms with Crippen molar-refractivity contribution in [3.8, 4) is 0 Å². The molecule has 0 saturated carbocycles. The summed E-state index contributed by atoms with van der Waals surface area (Å²) in [6, 6.07) is 2.92. The van der Waals surface area contributed by atoms with Gasteiger partial charge in [0.25, 0.3) is 11.5 Å². The zero-order chi connectivity index (χ0) is 17.9. The molecular weight excluding hydrogens is 282 g/mol. The molecule has 2 aliphatic rings. The largest absolute Gasteiger partial charge is 0.354 e. The maximum Gasteiger partial charge on any atom is 0.275 e. The molecule has 0 radical (unpaired) electrons. The first-order valence-corrected chi connectivity index (χ1v) is 7.14. The summed E-state index contributed by atoms with van der Waals surface area (Å²) in [5.41, 5.74) is 0.0723. The van der Waals surface area contributed by atoms with Gasteiger partial charge in [0.1, 0.15) is 17.4 Å². The van der Waals surface area contributed by atoms with Gasteiger partial charge in [-0.25, -0.2) is 4.98 Å². The Morgan fingerprint density at radius 1 is 1.41 bits per heavy atom. The van der Waals surface area contributed by atoms with E-state index in [0.717, 1.165) is 0 Å². The quantitative estimate of drug-likeness (QED) is 0.719. The molecular formula is C15H17N5O2. The van der Waals surface area contributed by atoms with Crippen LogP contribution in [0.25, 0.3) is 11.0 Å². The number of likely N-dealkylation sites (N-methyl/N-ethyl adjacent to an activating group) is 1. The lowest BCUT2D eigenvalue weighted by molar-refractivity contribution is -0.120. The van der Waals surface area contributed by atoms with Crippen molar-refractivity contribution in [1.82, 2.24) is 15.3 Å². The number of aromatic amines is 1. The number of hydrogen-bond donors (Lipinski definition) is 2. The first-order valence-electron chi connectivity index (χ1n) is 8.64. The molecule has 4 rings (SSSR count). The molecule has 7 nitrogen and oxygen atoms in total. The topological polar surface area (TPSA) is 81.3 Å². The van der Waals surface area contributed by atoms with E-state index in [0.29, 0.717) is 34.7 Å². The van der Waals surface area contributed by atoms with Crippen LogP contribution in [0.5, 0.6) is 0 Å². The Hall–Kier alpha value is -2.41. The molecule has 2 atom stereocenters. The first-order chi connectivity index (χ1) is 11.8. The molecule has 114 valence electrons. The van der Waals surface area contributed by atoms with Gasteiger partial charge in [0.2, 0.25) is 0 Å². The number of H-pyrrole nitrogens is 1. The van der Waals surface area contributed by atoms with Gasteiger partial charge in [0.05, 0.1) is 5.69 Å². The number of nitrogens with zero attached hydrogens (tertiary/aromatic N) is 3. The fraction of sp³-hybridized carbons (Fsp3) is 0.400. The van der Waals surface area contributed by atoms with Gasteiger partial charge in [0, 0.05) is 41.8 Å². The van der Waals surface area contributed by atoms with Crippen molar-refractivity contribution in [2.45, 2.75) is 19.0 Å². The third-order valence-electron chi connectivity index (χ3n) is 4.26. The van der Waals surface area contributed by atoms with Crippen molar-refractivity contribution in [2.75, 3.05) is 29.9 Å². The van der Waals surface area contributed by atoms with Gasteiger partial charge >= 0.3 is 0 Å². The number of piperazine rings is 1. The van der Waals surface area contributed by atoms with Gasteiger partial charge in [-0.1, -0.05) is 0 Å². The summed E-state index contributed by atoms with van der Waals surface area (Å²) in [5.74, 6) is -0.597. The summed E-state index contributed by atoms with van der Waals surface area (Å²) in [6.45, 7) is 0.0419. The number of carbonyl (C=O) groups excluding carboxylic acids is 1. The Morgan fingerprint density at radius 2 is 2.27 bits per heavy atom. The number of pyridine rings is 2. The summed E-state index contributed by atoms with van der Waals surface area (Å²) >= 11 is 0. The standard InChI is InChI=1S/C15H17N5O2/c1-8-7-20-10(6-17-8)15(22)19(2)12-11(20)9-4-3-5-16-13(9)18-14(12)21/h3-5,8,10,17H,6-7H2,1-2H3,(H,16,18,21)/i2D3. The van der Waals surface area contributed by atoms with Crippen molar-refractivity contribution in [3.63, 3.8) is 0 Å². The van der Waals surface area contributed by atoms with E-state index in [9.17, 15) is 9.59 Å². The molecule has 2 aliphatic heterocycles. The lowest BCUT2D eigenvalue weighted by Gasteiger charge is -2.46. The lowest BCUT2D eigenvalue weighted by Crippen LogP contribution is -2.64. The van der Waals surface area contributed by atoms with Crippen molar-refractivity contribution in [1.29, 1.82) is 0 Å². The van der Waals surface area contributed by atoms with E-state index in [2.05, 4.69) is 15.3 Å². The number of amides is 1. The van der Waals surface area contributed by atoms with Crippen molar-refractivity contribution < 1.29 is 8.91 Å². The number of carbonyl (C=O) groups is 1. The Labute approximate surface area is 131 Å². The summed E-state index contributed by atoms with van der Waals surface area (Å²) in [5, 5.41) is 3.83. The third-order valence-corrected chi connectivity index (χ3v) is 4.26. The number of aromatic nitrogens is 2.